The number of nitrogens with two attached hydrogens (primary N) is 1. The third-order valence-electron chi connectivity index (χ3n) is 0.988. The van der Waals surface area contributed by atoms with Gasteiger partial charge in [-0.1, -0.05) is 5.57 Å². The first-order chi connectivity index (χ1) is 4.16. The minimum atomic E-state index is 0.0981. The largest absolute Gasteiger partial charge is 0.330 e. The fourth-order valence-corrected chi connectivity index (χ4v) is 0.647. The first kappa shape index (κ1) is 8.37. The standard InChI is InChI=1S/C7H13NO/c1-6(3-4-8)5-7(2)9/h5H,3-4,8H2,1-2H3. The summed E-state index contributed by atoms with van der Waals surface area (Å²) in [6.45, 7) is 4.07. The van der Waals surface area contributed by atoms with Gasteiger partial charge in [0.05, 0.1) is 0 Å². The maximum atomic E-state index is 10.4. The van der Waals surface area contributed by atoms with E-state index in [1.807, 2.05) is 6.92 Å². The Morgan fingerprint density at radius 3 is 2.44 bits per heavy atom. The van der Waals surface area contributed by atoms with Crippen LogP contribution in [0.4, 0.5) is 0 Å². The highest BCUT2D eigenvalue weighted by Gasteiger charge is 1.88. The predicted molar refractivity (Wildman–Crippen MR) is 38.1 cm³/mol. The van der Waals surface area contributed by atoms with E-state index in [1.54, 1.807) is 13.0 Å². The molecule has 0 amide bonds. The lowest BCUT2D eigenvalue weighted by molar-refractivity contribution is -0.112. The van der Waals surface area contributed by atoms with Gasteiger partial charge in [0.15, 0.2) is 5.78 Å². The number of allylic oxidation sites excluding steroid dienone is 1. The maximum Gasteiger partial charge on any atom is 0.152 e. The van der Waals surface area contributed by atoms with Gasteiger partial charge in [-0.25, -0.2) is 0 Å². The molecule has 0 fully saturated rings. The van der Waals surface area contributed by atoms with Gasteiger partial charge in [0, 0.05) is 0 Å². The van der Waals surface area contributed by atoms with Crippen LogP contribution in [0.1, 0.15) is 20.3 Å². The molecule has 0 unspecified atom stereocenters. The molecule has 0 aliphatic carbocycles. The van der Waals surface area contributed by atoms with Gasteiger partial charge < -0.3 is 5.73 Å². The molecule has 0 aromatic heterocycles. The normalized spacial score (nSPS) is 11.7. The first-order valence-electron chi connectivity index (χ1n) is 3.04. The number of carbonyl (C=O) groups excluding carboxylic acids is 1. The highest BCUT2D eigenvalue weighted by atomic mass is 16.1. The van der Waals surface area contributed by atoms with Gasteiger partial charge in [-0.15, -0.1) is 0 Å². The van der Waals surface area contributed by atoms with Crippen LogP contribution in [0.15, 0.2) is 11.6 Å². The third kappa shape index (κ3) is 5.24. The van der Waals surface area contributed by atoms with Crippen molar-refractivity contribution in [3.8, 4) is 0 Å². The Kier molecular flexibility index (Phi) is 3.97. The lowest BCUT2D eigenvalue weighted by Gasteiger charge is -1.93. The summed E-state index contributed by atoms with van der Waals surface area (Å²) in [5.41, 5.74) is 6.31. The number of ketones is 1. The fraction of sp³-hybridized carbons (Fsp3) is 0.571. The van der Waals surface area contributed by atoms with Crippen LogP contribution >= 0.6 is 0 Å². The number of hydrogen-bond donors (Lipinski definition) is 1. The van der Waals surface area contributed by atoms with E-state index in [1.165, 1.54) is 0 Å². The van der Waals surface area contributed by atoms with Crippen molar-refractivity contribution in [1.82, 2.24) is 0 Å². The van der Waals surface area contributed by atoms with Crippen molar-refractivity contribution >= 4 is 5.78 Å². The van der Waals surface area contributed by atoms with Gasteiger partial charge >= 0.3 is 0 Å². The van der Waals surface area contributed by atoms with E-state index in [9.17, 15) is 4.79 Å². The van der Waals surface area contributed by atoms with E-state index in [0.29, 0.717) is 6.54 Å². The first-order valence-corrected chi connectivity index (χ1v) is 3.04. The van der Waals surface area contributed by atoms with Gasteiger partial charge in [-0.3, -0.25) is 4.79 Å². The second-order valence-corrected chi connectivity index (χ2v) is 2.14. The molecule has 0 spiro atoms. The summed E-state index contributed by atoms with van der Waals surface area (Å²) in [5.74, 6) is 0.0981. The van der Waals surface area contributed by atoms with Crippen molar-refractivity contribution in [2.24, 2.45) is 5.73 Å². The van der Waals surface area contributed by atoms with E-state index in [4.69, 9.17) is 5.73 Å². The minimum Gasteiger partial charge on any atom is -0.330 e. The van der Waals surface area contributed by atoms with Crippen molar-refractivity contribution in [1.29, 1.82) is 0 Å². The summed E-state index contributed by atoms with van der Waals surface area (Å²) >= 11 is 0. The molecule has 0 saturated heterocycles. The number of rotatable bonds is 3. The van der Waals surface area contributed by atoms with Crippen LogP contribution in [-0.4, -0.2) is 12.3 Å². The Labute approximate surface area is 55.7 Å². The summed E-state index contributed by atoms with van der Waals surface area (Å²) in [6, 6.07) is 0. The van der Waals surface area contributed by atoms with Crippen LogP contribution < -0.4 is 5.73 Å². The third-order valence-corrected chi connectivity index (χ3v) is 0.988. The molecule has 0 bridgehead atoms. The quantitative estimate of drug-likeness (QED) is 0.572. The second-order valence-electron chi connectivity index (χ2n) is 2.14. The molecule has 0 saturated carbocycles. The number of carbonyl (C=O) groups is 1. The van der Waals surface area contributed by atoms with Crippen LogP contribution in [0.5, 0.6) is 0 Å². The van der Waals surface area contributed by atoms with Crippen LogP contribution in [0, 0.1) is 0 Å². The molecule has 52 valence electrons. The van der Waals surface area contributed by atoms with Gasteiger partial charge in [0.2, 0.25) is 0 Å². The van der Waals surface area contributed by atoms with Crippen LogP contribution in [0.2, 0.25) is 0 Å². The molecule has 0 atom stereocenters. The molecule has 0 radical (unpaired) electrons. The maximum absolute atomic E-state index is 10.4. The van der Waals surface area contributed by atoms with Gasteiger partial charge in [0.25, 0.3) is 0 Å². The molecular weight excluding hydrogens is 114 g/mol. The smallest absolute Gasteiger partial charge is 0.152 e. The van der Waals surface area contributed by atoms with Crippen molar-refractivity contribution < 1.29 is 4.79 Å². The Balaban J connectivity index is 3.69. The number of hydrogen-bond acceptors (Lipinski definition) is 2. The molecule has 0 aliphatic rings. The molecule has 0 aromatic carbocycles. The zero-order valence-corrected chi connectivity index (χ0v) is 5.98. The van der Waals surface area contributed by atoms with Crippen LogP contribution in [0.25, 0.3) is 0 Å². The Hall–Kier alpha value is -0.630. The highest BCUT2D eigenvalue weighted by molar-refractivity contribution is 5.87. The van der Waals surface area contributed by atoms with Gasteiger partial charge in [-0.05, 0) is 32.9 Å². The molecule has 2 nitrogen and oxygen atoms in total. The molecule has 0 aliphatic heterocycles. The molecule has 0 rings (SSSR count). The van der Waals surface area contributed by atoms with Crippen molar-refractivity contribution in [2.75, 3.05) is 6.54 Å². The Morgan fingerprint density at radius 1 is 1.56 bits per heavy atom. The lowest BCUT2D eigenvalue weighted by atomic mass is 10.2. The van der Waals surface area contributed by atoms with E-state index < -0.39 is 0 Å². The molecule has 2 N–H and O–H groups in total. The van der Waals surface area contributed by atoms with Crippen molar-refractivity contribution in [2.45, 2.75) is 20.3 Å². The molecule has 0 aromatic rings. The lowest BCUT2D eigenvalue weighted by Crippen LogP contribution is -1.99. The Morgan fingerprint density at radius 2 is 2.11 bits per heavy atom. The van der Waals surface area contributed by atoms with Gasteiger partial charge in [-0.2, -0.15) is 0 Å². The molecule has 0 heterocycles. The predicted octanol–water partition coefficient (Wildman–Crippen LogP) is 0.871. The monoisotopic (exact) mass is 127 g/mol. The van der Waals surface area contributed by atoms with Gasteiger partial charge in [0.1, 0.15) is 0 Å². The minimum absolute atomic E-state index is 0.0981. The zero-order chi connectivity index (χ0) is 7.28. The molecular formula is C7H13NO. The average Bonchev–Trinajstić information content (AvgIpc) is 1.63. The fourth-order valence-electron chi connectivity index (χ4n) is 0.647. The van der Waals surface area contributed by atoms with Crippen LogP contribution in [0.3, 0.4) is 0 Å². The average molecular weight is 127 g/mol. The molecule has 2 heteroatoms. The summed E-state index contributed by atoms with van der Waals surface area (Å²) in [7, 11) is 0. The van der Waals surface area contributed by atoms with E-state index in [-0.39, 0.29) is 5.78 Å². The summed E-state index contributed by atoms with van der Waals surface area (Å²) in [4.78, 5) is 10.4. The summed E-state index contributed by atoms with van der Waals surface area (Å²) < 4.78 is 0. The second kappa shape index (κ2) is 4.27. The molecule has 9 heavy (non-hydrogen) atoms. The van der Waals surface area contributed by atoms with E-state index in [2.05, 4.69) is 0 Å². The van der Waals surface area contributed by atoms with Crippen molar-refractivity contribution in [3.63, 3.8) is 0 Å². The van der Waals surface area contributed by atoms with E-state index >= 15 is 0 Å². The highest BCUT2D eigenvalue weighted by Crippen LogP contribution is 1.96. The summed E-state index contributed by atoms with van der Waals surface area (Å²) in [6.07, 6.45) is 2.44. The Bertz CT molecular complexity index is 127. The van der Waals surface area contributed by atoms with Crippen LogP contribution in [-0.2, 0) is 4.79 Å². The summed E-state index contributed by atoms with van der Waals surface area (Å²) in [5, 5.41) is 0. The topological polar surface area (TPSA) is 43.1 Å². The zero-order valence-electron chi connectivity index (χ0n) is 5.98. The SMILES string of the molecule is CC(=O)C=C(C)CCN. The van der Waals surface area contributed by atoms with Crippen molar-refractivity contribution in [3.05, 3.63) is 11.6 Å². The van der Waals surface area contributed by atoms with E-state index in [0.717, 1.165) is 12.0 Å².